The van der Waals surface area contributed by atoms with Gasteiger partial charge >= 0.3 is 0 Å². The van der Waals surface area contributed by atoms with Gasteiger partial charge in [0.2, 0.25) is 0 Å². The molecule has 1 aromatic carbocycles. The molecule has 4 rings (SSSR count). The maximum Gasteiger partial charge on any atom is 0.140 e. The lowest BCUT2D eigenvalue weighted by atomic mass is 9.82. The fourth-order valence-electron chi connectivity index (χ4n) is 4.41. The molecular formula is C20H25ClN4O. The number of hydrogen-bond acceptors (Lipinski definition) is 5. The smallest absolute Gasteiger partial charge is 0.140 e. The van der Waals surface area contributed by atoms with Crippen molar-refractivity contribution in [3.8, 4) is 0 Å². The Morgan fingerprint density at radius 3 is 2.92 bits per heavy atom. The lowest BCUT2D eigenvalue weighted by Crippen LogP contribution is -2.34. The summed E-state index contributed by atoms with van der Waals surface area (Å²) in [4.78, 5) is 11.3. The zero-order valence-electron chi connectivity index (χ0n) is 15.3. The van der Waals surface area contributed by atoms with Crippen LogP contribution in [-0.2, 0) is 12.0 Å². The quantitative estimate of drug-likeness (QED) is 0.859. The normalized spacial score (nSPS) is 22.8. The molecule has 138 valence electrons. The number of hydrogen-bond donors (Lipinski definition) is 2. The van der Waals surface area contributed by atoms with Crippen LogP contribution in [0.1, 0.15) is 49.4 Å². The summed E-state index contributed by atoms with van der Waals surface area (Å²) in [7, 11) is 0. The number of nitrogens with zero attached hydrogens (tertiary/aromatic N) is 3. The maximum atomic E-state index is 9.83. The van der Waals surface area contributed by atoms with E-state index in [1.165, 1.54) is 11.3 Å². The average Bonchev–Trinajstić information content (AvgIpc) is 3.26. The first-order valence-corrected chi connectivity index (χ1v) is 9.70. The summed E-state index contributed by atoms with van der Waals surface area (Å²) in [6.07, 6.45) is 3.63. The van der Waals surface area contributed by atoms with Crippen molar-refractivity contribution in [2.45, 2.75) is 44.6 Å². The van der Waals surface area contributed by atoms with Crippen molar-refractivity contribution in [2.24, 2.45) is 0 Å². The van der Waals surface area contributed by atoms with Crippen molar-refractivity contribution < 1.29 is 5.11 Å². The molecule has 0 bridgehead atoms. The predicted molar refractivity (Wildman–Crippen MR) is 104 cm³/mol. The molecular weight excluding hydrogens is 348 g/mol. The van der Waals surface area contributed by atoms with Gasteiger partial charge in [-0.05, 0) is 49.1 Å². The van der Waals surface area contributed by atoms with Crippen LogP contribution >= 0.6 is 11.6 Å². The van der Waals surface area contributed by atoms with Gasteiger partial charge in [0.05, 0.1) is 12.3 Å². The highest BCUT2D eigenvalue weighted by molar-refractivity contribution is 6.30. The van der Waals surface area contributed by atoms with Gasteiger partial charge in [0, 0.05) is 34.8 Å². The molecule has 2 atom stereocenters. The van der Waals surface area contributed by atoms with Crippen molar-refractivity contribution in [3.05, 3.63) is 46.4 Å². The minimum Gasteiger partial charge on any atom is -0.390 e. The molecule has 26 heavy (non-hydrogen) atoms. The van der Waals surface area contributed by atoms with Crippen LogP contribution in [0.2, 0.25) is 5.02 Å². The van der Waals surface area contributed by atoms with Gasteiger partial charge in [-0.25, -0.2) is 9.97 Å². The van der Waals surface area contributed by atoms with Crippen LogP contribution in [0.3, 0.4) is 0 Å². The molecule has 3 heterocycles. The number of rotatable bonds is 4. The Morgan fingerprint density at radius 2 is 2.23 bits per heavy atom. The van der Waals surface area contributed by atoms with E-state index >= 15 is 0 Å². The first kappa shape index (κ1) is 17.7. The number of nitrogens with one attached hydrogen (secondary N) is 1. The molecule has 1 fully saturated rings. The van der Waals surface area contributed by atoms with Gasteiger partial charge in [0.15, 0.2) is 0 Å². The fourth-order valence-corrected chi connectivity index (χ4v) is 4.58. The highest BCUT2D eigenvalue weighted by Gasteiger charge is 2.46. The van der Waals surface area contributed by atoms with Crippen LogP contribution in [-0.4, -0.2) is 34.7 Å². The molecule has 2 N–H and O–H groups in total. The Labute approximate surface area is 159 Å². The Morgan fingerprint density at radius 1 is 1.38 bits per heavy atom. The molecule has 1 saturated heterocycles. The van der Waals surface area contributed by atoms with Crippen LogP contribution in [0, 0.1) is 0 Å². The van der Waals surface area contributed by atoms with Gasteiger partial charge in [-0.2, -0.15) is 0 Å². The number of fused-ring (bicyclic) bond motifs is 2. The summed E-state index contributed by atoms with van der Waals surface area (Å²) in [5.41, 5.74) is 4.32. The van der Waals surface area contributed by atoms with E-state index in [1.807, 2.05) is 6.07 Å². The van der Waals surface area contributed by atoms with Crippen LogP contribution in [0.15, 0.2) is 24.5 Å². The van der Waals surface area contributed by atoms with Crippen LogP contribution in [0.4, 0.5) is 11.5 Å². The van der Waals surface area contributed by atoms with E-state index in [0.29, 0.717) is 0 Å². The number of benzene rings is 1. The minimum atomic E-state index is -0.0663. The SMILES string of the molecule is CC[C@@H](C)c1c(CO)ncnc1N1CC2(CCNC2)c2cc(Cl)ccc21. The third kappa shape index (κ3) is 2.70. The lowest BCUT2D eigenvalue weighted by Gasteiger charge is -2.27. The van der Waals surface area contributed by atoms with E-state index in [1.54, 1.807) is 6.33 Å². The number of aromatic nitrogens is 2. The minimum absolute atomic E-state index is 0.0663. The van der Waals surface area contributed by atoms with Crippen molar-refractivity contribution in [1.29, 1.82) is 0 Å². The molecule has 1 aromatic heterocycles. The van der Waals surface area contributed by atoms with E-state index < -0.39 is 0 Å². The van der Waals surface area contributed by atoms with Gasteiger partial charge < -0.3 is 15.3 Å². The summed E-state index contributed by atoms with van der Waals surface area (Å²) in [5.74, 6) is 1.20. The summed E-state index contributed by atoms with van der Waals surface area (Å²) >= 11 is 6.33. The van der Waals surface area contributed by atoms with Crippen molar-refractivity contribution in [1.82, 2.24) is 15.3 Å². The van der Waals surface area contributed by atoms with Crippen LogP contribution in [0.5, 0.6) is 0 Å². The lowest BCUT2D eigenvalue weighted by molar-refractivity contribution is 0.274. The number of aliphatic hydroxyl groups excluding tert-OH is 1. The van der Waals surface area contributed by atoms with Crippen molar-refractivity contribution in [2.75, 3.05) is 24.5 Å². The molecule has 0 saturated carbocycles. The molecule has 2 aliphatic heterocycles. The third-order valence-corrected chi connectivity index (χ3v) is 6.22. The number of aliphatic hydroxyl groups is 1. The van der Waals surface area contributed by atoms with Crippen molar-refractivity contribution >= 4 is 23.1 Å². The second-order valence-electron chi connectivity index (χ2n) is 7.48. The predicted octanol–water partition coefficient (Wildman–Crippen LogP) is 3.52. The largest absolute Gasteiger partial charge is 0.390 e. The molecule has 1 spiro atoms. The van der Waals surface area contributed by atoms with Gasteiger partial charge in [0.1, 0.15) is 12.1 Å². The fraction of sp³-hybridized carbons (Fsp3) is 0.500. The molecule has 1 unspecified atom stereocenters. The highest BCUT2D eigenvalue weighted by atomic mass is 35.5. The van der Waals surface area contributed by atoms with Gasteiger partial charge in [-0.1, -0.05) is 25.4 Å². The Hall–Kier alpha value is -1.69. The summed E-state index contributed by atoms with van der Waals surface area (Å²) < 4.78 is 0. The Kier molecular flexibility index (Phi) is 4.63. The Bertz CT molecular complexity index is 819. The van der Waals surface area contributed by atoms with Gasteiger partial charge in [-0.15, -0.1) is 0 Å². The first-order valence-electron chi connectivity index (χ1n) is 9.32. The van der Waals surface area contributed by atoms with Gasteiger partial charge in [0.25, 0.3) is 0 Å². The molecule has 6 heteroatoms. The Balaban J connectivity index is 1.88. The topological polar surface area (TPSA) is 61.3 Å². The molecule has 5 nitrogen and oxygen atoms in total. The number of anilines is 2. The summed E-state index contributed by atoms with van der Waals surface area (Å²) in [6, 6.07) is 6.17. The van der Waals surface area contributed by atoms with Gasteiger partial charge in [-0.3, -0.25) is 0 Å². The maximum absolute atomic E-state index is 9.83. The van der Waals surface area contributed by atoms with E-state index in [0.717, 1.165) is 54.6 Å². The van der Waals surface area contributed by atoms with Crippen LogP contribution < -0.4 is 10.2 Å². The van der Waals surface area contributed by atoms with E-state index in [4.69, 9.17) is 11.6 Å². The molecule has 0 radical (unpaired) electrons. The standard InChI is InChI=1S/C20H25ClN4O/c1-3-13(2)18-16(9-26)23-12-24-19(18)25-11-20(6-7-22-10-20)15-8-14(21)4-5-17(15)25/h4-5,8,12-13,22,26H,3,6-7,9-11H2,1-2H3/t13-,20?/m1/s1. The van der Waals surface area contributed by atoms with E-state index in [2.05, 4.69) is 46.2 Å². The highest BCUT2D eigenvalue weighted by Crippen LogP contribution is 2.49. The van der Waals surface area contributed by atoms with Crippen molar-refractivity contribution in [3.63, 3.8) is 0 Å². The molecule has 0 amide bonds. The summed E-state index contributed by atoms with van der Waals surface area (Å²) in [5, 5.41) is 14.1. The molecule has 2 aromatic rings. The third-order valence-electron chi connectivity index (χ3n) is 5.98. The summed E-state index contributed by atoms with van der Waals surface area (Å²) in [6.45, 7) is 7.11. The number of halogens is 1. The average molecular weight is 373 g/mol. The zero-order valence-corrected chi connectivity index (χ0v) is 16.1. The van der Waals surface area contributed by atoms with Crippen LogP contribution in [0.25, 0.3) is 0 Å². The second-order valence-corrected chi connectivity index (χ2v) is 7.92. The first-order chi connectivity index (χ1) is 12.6. The van der Waals surface area contributed by atoms with E-state index in [9.17, 15) is 5.11 Å². The zero-order chi connectivity index (χ0) is 18.3. The molecule has 0 aliphatic carbocycles. The second kappa shape index (κ2) is 6.80. The van der Waals surface area contributed by atoms with E-state index in [-0.39, 0.29) is 17.9 Å². The monoisotopic (exact) mass is 372 g/mol. The molecule has 2 aliphatic rings.